The molecule has 3 heteroatoms. The molecular formula is C26H37NO2. The fraction of sp³-hybridized carbons (Fsp3) is 0.538. The second kappa shape index (κ2) is 11.5. The summed E-state index contributed by atoms with van der Waals surface area (Å²) in [5, 5.41) is 0. The lowest BCUT2D eigenvalue weighted by atomic mass is 9.80. The Morgan fingerprint density at radius 2 is 1.48 bits per heavy atom. The average Bonchev–Trinajstić information content (AvgIpc) is 2.76. The quantitative estimate of drug-likeness (QED) is 0.527. The van der Waals surface area contributed by atoms with Crippen LogP contribution in [0.25, 0.3) is 0 Å². The van der Waals surface area contributed by atoms with E-state index in [4.69, 9.17) is 9.47 Å². The van der Waals surface area contributed by atoms with Crippen LogP contribution in [0, 0.1) is 11.8 Å². The molecular weight excluding hydrogens is 358 g/mol. The molecule has 1 saturated heterocycles. The Kier molecular flexibility index (Phi) is 8.72. The van der Waals surface area contributed by atoms with Crippen molar-refractivity contribution in [3.8, 4) is 0 Å². The molecule has 2 aromatic rings. The largest absolute Gasteiger partial charge is 0.375 e. The number of unbranched alkanes of at least 4 members (excludes halogenated alkanes) is 1. The van der Waals surface area contributed by atoms with E-state index in [0.29, 0.717) is 31.1 Å². The van der Waals surface area contributed by atoms with Gasteiger partial charge in [-0.2, -0.15) is 0 Å². The molecule has 0 spiro atoms. The van der Waals surface area contributed by atoms with Crippen LogP contribution in [0.15, 0.2) is 60.7 Å². The third-order valence-corrected chi connectivity index (χ3v) is 6.41. The molecule has 0 aromatic heterocycles. The smallest absolute Gasteiger partial charge is 0.0735 e. The van der Waals surface area contributed by atoms with Crippen LogP contribution in [0.5, 0.6) is 0 Å². The highest BCUT2D eigenvalue weighted by Crippen LogP contribution is 2.32. The summed E-state index contributed by atoms with van der Waals surface area (Å²) in [6.45, 7) is 11.3. The van der Waals surface area contributed by atoms with Crippen molar-refractivity contribution in [2.75, 3.05) is 19.7 Å². The Balaban J connectivity index is 1.58. The molecule has 0 bridgehead atoms. The number of rotatable bonds is 10. The molecule has 1 heterocycles. The standard InChI is InChI=1S/C26H37NO2/c1-4-5-16-27-17-26(29-19-24-14-10-7-11-15-24)22(3)21(2)25(27)20-28-18-23-12-8-6-9-13-23/h6-15,21-22,25-26H,4-5,16-20H2,1-3H3. The molecule has 4 unspecified atom stereocenters. The van der Waals surface area contributed by atoms with Gasteiger partial charge in [-0.1, -0.05) is 87.9 Å². The average molecular weight is 396 g/mol. The van der Waals surface area contributed by atoms with Crippen LogP contribution in [-0.4, -0.2) is 36.7 Å². The first-order valence-corrected chi connectivity index (χ1v) is 11.2. The summed E-state index contributed by atoms with van der Waals surface area (Å²) in [4.78, 5) is 2.62. The first-order chi connectivity index (χ1) is 14.2. The SMILES string of the molecule is CCCCN1CC(OCc2ccccc2)C(C)C(C)C1COCc1ccccc1. The van der Waals surface area contributed by atoms with Crippen molar-refractivity contribution in [1.82, 2.24) is 4.90 Å². The van der Waals surface area contributed by atoms with E-state index in [9.17, 15) is 0 Å². The number of benzene rings is 2. The minimum atomic E-state index is 0.271. The molecule has 29 heavy (non-hydrogen) atoms. The molecule has 0 aliphatic carbocycles. The maximum atomic E-state index is 6.40. The van der Waals surface area contributed by atoms with Crippen LogP contribution >= 0.6 is 0 Å². The van der Waals surface area contributed by atoms with E-state index in [-0.39, 0.29) is 6.10 Å². The predicted molar refractivity (Wildman–Crippen MR) is 120 cm³/mol. The van der Waals surface area contributed by atoms with E-state index < -0.39 is 0 Å². The minimum absolute atomic E-state index is 0.271. The number of hydrogen-bond acceptors (Lipinski definition) is 3. The summed E-state index contributed by atoms with van der Waals surface area (Å²) >= 11 is 0. The summed E-state index contributed by atoms with van der Waals surface area (Å²) in [6.07, 6.45) is 2.71. The van der Waals surface area contributed by atoms with Crippen molar-refractivity contribution in [2.45, 2.75) is 59.0 Å². The molecule has 3 nitrogen and oxygen atoms in total. The van der Waals surface area contributed by atoms with Crippen LogP contribution in [-0.2, 0) is 22.7 Å². The second-order valence-electron chi connectivity index (χ2n) is 8.47. The van der Waals surface area contributed by atoms with Crippen LogP contribution in [0.1, 0.15) is 44.7 Å². The Morgan fingerprint density at radius 3 is 2.10 bits per heavy atom. The monoisotopic (exact) mass is 395 g/mol. The summed E-state index contributed by atoms with van der Waals surface area (Å²) < 4.78 is 12.6. The van der Waals surface area contributed by atoms with Crippen molar-refractivity contribution in [2.24, 2.45) is 11.8 Å². The zero-order chi connectivity index (χ0) is 20.5. The number of likely N-dealkylation sites (tertiary alicyclic amines) is 1. The lowest BCUT2D eigenvalue weighted by molar-refractivity contribution is -0.101. The van der Waals surface area contributed by atoms with E-state index in [0.717, 1.165) is 19.7 Å². The minimum Gasteiger partial charge on any atom is -0.375 e. The number of nitrogens with zero attached hydrogens (tertiary/aromatic N) is 1. The van der Waals surface area contributed by atoms with Gasteiger partial charge < -0.3 is 9.47 Å². The van der Waals surface area contributed by atoms with Crippen molar-refractivity contribution in [3.05, 3.63) is 71.8 Å². The number of ether oxygens (including phenoxy) is 2. The van der Waals surface area contributed by atoms with Crippen molar-refractivity contribution < 1.29 is 9.47 Å². The second-order valence-corrected chi connectivity index (χ2v) is 8.47. The molecule has 1 fully saturated rings. The lowest BCUT2D eigenvalue weighted by Crippen LogP contribution is -2.56. The van der Waals surface area contributed by atoms with Crippen LogP contribution in [0.3, 0.4) is 0 Å². The van der Waals surface area contributed by atoms with Gasteiger partial charge in [-0.05, 0) is 35.9 Å². The lowest BCUT2D eigenvalue weighted by Gasteiger charge is -2.47. The van der Waals surface area contributed by atoms with E-state index in [1.807, 2.05) is 0 Å². The maximum absolute atomic E-state index is 6.40. The van der Waals surface area contributed by atoms with E-state index in [1.165, 1.54) is 24.0 Å². The molecule has 1 aliphatic heterocycles. The van der Waals surface area contributed by atoms with Gasteiger partial charge in [-0.15, -0.1) is 0 Å². The summed E-state index contributed by atoms with van der Waals surface area (Å²) in [5.41, 5.74) is 2.49. The zero-order valence-electron chi connectivity index (χ0n) is 18.3. The van der Waals surface area contributed by atoms with E-state index >= 15 is 0 Å². The van der Waals surface area contributed by atoms with Gasteiger partial charge in [-0.3, -0.25) is 4.90 Å². The van der Waals surface area contributed by atoms with Gasteiger partial charge >= 0.3 is 0 Å². The molecule has 2 aromatic carbocycles. The maximum Gasteiger partial charge on any atom is 0.0735 e. The van der Waals surface area contributed by atoms with Crippen LogP contribution in [0.2, 0.25) is 0 Å². The van der Waals surface area contributed by atoms with Gasteiger partial charge in [0.05, 0.1) is 25.9 Å². The molecule has 0 saturated carbocycles. The molecule has 0 amide bonds. The van der Waals surface area contributed by atoms with E-state index in [2.05, 4.69) is 86.3 Å². The third kappa shape index (κ3) is 6.40. The van der Waals surface area contributed by atoms with Gasteiger partial charge in [0.15, 0.2) is 0 Å². The van der Waals surface area contributed by atoms with Crippen molar-refractivity contribution in [3.63, 3.8) is 0 Å². The fourth-order valence-electron chi connectivity index (χ4n) is 4.28. The van der Waals surface area contributed by atoms with Gasteiger partial charge in [0.1, 0.15) is 0 Å². The Labute approximate surface area is 177 Å². The van der Waals surface area contributed by atoms with Gasteiger partial charge in [0, 0.05) is 12.6 Å². The molecule has 3 rings (SSSR count). The summed E-state index contributed by atoms with van der Waals surface area (Å²) in [6, 6.07) is 21.4. The Hall–Kier alpha value is -1.68. The predicted octanol–water partition coefficient (Wildman–Crippen LogP) is 5.55. The first-order valence-electron chi connectivity index (χ1n) is 11.2. The Morgan fingerprint density at radius 1 is 0.862 bits per heavy atom. The van der Waals surface area contributed by atoms with Crippen LogP contribution < -0.4 is 0 Å². The third-order valence-electron chi connectivity index (χ3n) is 6.41. The van der Waals surface area contributed by atoms with Gasteiger partial charge in [0.2, 0.25) is 0 Å². The van der Waals surface area contributed by atoms with E-state index in [1.54, 1.807) is 0 Å². The molecule has 1 aliphatic rings. The normalized spacial score (nSPS) is 25.2. The number of piperidine rings is 1. The van der Waals surface area contributed by atoms with Gasteiger partial charge in [-0.25, -0.2) is 0 Å². The highest BCUT2D eigenvalue weighted by Gasteiger charge is 2.39. The highest BCUT2D eigenvalue weighted by atomic mass is 16.5. The Bertz CT molecular complexity index is 690. The molecule has 0 N–H and O–H groups in total. The van der Waals surface area contributed by atoms with Gasteiger partial charge in [0.25, 0.3) is 0 Å². The van der Waals surface area contributed by atoms with Crippen molar-refractivity contribution in [1.29, 1.82) is 0 Å². The highest BCUT2D eigenvalue weighted by molar-refractivity contribution is 5.14. The topological polar surface area (TPSA) is 21.7 Å². The molecule has 158 valence electrons. The van der Waals surface area contributed by atoms with Crippen LogP contribution in [0.4, 0.5) is 0 Å². The summed E-state index contributed by atoms with van der Waals surface area (Å²) in [5.74, 6) is 1.05. The number of hydrogen-bond donors (Lipinski definition) is 0. The zero-order valence-corrected chi connectivity index (χ0v) is 18.3. The first kappa shape index (κ1) is 22.0. The fourth-order valence-corrected chi connectivity index (χ4v) is 4.28. The molecule has 4 atom stereocenters. The molecule has 0 radical (unpaired) electrons. The summed E-state index contributed by atoms with van der Waals surface area (Å²) in [7, 11) is 0. The van der Waals surface area contributed by atoms with Crippen molar-refractivity contribution >= 4 is 0 Å².